The van der Waals surface area contributed by atoms with Crippen LogP contribution in [0.15, 0.2) is 146 Å². The van der Waals surface area contributed by atoms with Crippen molar-refractivity contribution in [2.24, 2.45) is 0 Å². The fourth-order valence-corrected chi connectivity index (χ4v) is 5.82. The largest absolute Gasteiger partial charge is 0.456 e. The van der Waals surface area contributed by atoms with Gasteiger partial charge in [0.25, 0.3) is 0 Å². The van der Waals surface area contributed by atoms with E-state index in [1.54, 1.807) is 0 Å². The molecule has 0 N–H and O–H groups in total. The van der Waals surface area contributed by atoms with Crippen LogP contribution in [-0.4, -0.2) is 9.55 Å². The predicted octanol–water partition coefficient (Wildman–Crippen LogP) is 9.80. The van der Waals surface area contributed by atoms with Gasteiger partial charge in [0.15, 0.2) is 0 Å². The topological polar surface area (TPSA) is 27.1 Å². The highest BCUT2D eigenvalue weighted by Crippen LogP contribution is 2.51. The van der Waals surface area contributed by atoms with Crippen LogP contribution in [0, 0.1) is 0 Å². The van der Waals surface area contributed by atoms with E-state index in [2.05, 4.69) is 126 Å². The molecule has 5 aromatic carbocycles. The van der Waals surface area contributed by atoms with Crippen molar-refractivity contribution >= 4 is 10.9 Å². The van der Waals surface area contributed by atoms with Crippen LogP contribution in [0.3, 0.4) is 0 Å². The van der Waals surface area contributed by atoms with E-state index in [1.165, 1.54) is 5.39 Å². The van der Waals surface area contributed by atoms with Gasteiger partial charge in [0.05, 0.1) is 16.9 Å². The molecule has 1 aliphatic rings. The Labute approximate surface area is 232 Å². The zero-order valence-electron chi connectivity index (χ0n) is 21.7. The Bertz CT molecular complexity index is 1970. The maximum atomic E-state index is 6.54. The third-order valence-electron chi connectivity index (χ3n) is 7.61. The molecule has 0 saturated carbocycles. The molecular weight excluding hydrogens is 488 g/mol. The van der Waals surface area contributed by atoms with Gasteiger partial charge in [-0.25, -0.2) is 4.98 Å². The standard InChI is InChI=1S/C37H24N2O/c1-3-13-25(14-4-1)27-23-31(26-15-5-2-6-16-26)38-35(24-27)39-32-20-10-7-17-28(32)36-29-18-8-11-21-33(29)40-34-22-12-9-19-30(34)37(36)39/h1-24H. The van der Waals surface area contributed by atoms with Crippen LogP contribution in [0.5, 0.6) is 11.5 Å². The van der Waals surface area contributed by atoms with Gasteiger partial charge < -0.3 is 4.74 Å². The Morgan fingerprint density at radius 2 is 1.10 bits per heavy atom. The summed E-state index contributed by atoms with van der Waals surface area (Å²) >= 11 is 0. The summed E-state index contributed by atoms with van der Waals surface area (Å²) in [5.74, 6) is 2.56. The first kappa shape index (κ1) is 22.6. The SMILES string of the molecule is c1ccc(-c2cc(-c3ccccc3)nc(-n3c4c(c5ccccc53)-c3ccccc3Oc3ccccc3-4)c2)cc1. The minimum atomic E-state index is 0.834. The quantitative estimate of drug-likeness (QED) is 0.236. The first-order chi connectivity index (χ1) is 19.8. The summed E-state index contributed by atoms with van der Waals surface area (Å²) in [6.45, 7) is 0. The molecule has 188 valence electrons. The van der Waals surface area contributed by atoms with E-state index in [0.29, 0.717) is 0 Å². The zero-order chi connectivity index (χ0) is 26.5. The predicted molar refractivity (Wildman–Crippen MR) is 163 cm³/mol. The average molecular weight is 513 g/mol. The Balaban J connectivity index is 1.52. The highest BCUT2D eigenvalue weighted by atomic mass is 16.5. The van der Waals surface area contributed by atoms with E-state index in [-0.39, 0.29) is 0 Å². The van der Waals surface area contributed by atoms with Crippen molar-refractivity contribution in [2.45, 2.75) is 0 Å². The van der Waals surface area contributed by atoms with E-state index in [9.17, 15) is 0 Å². The van der Waals surface area contributed by atoms with E-state index in [0.717, 1.165) is 67.6 Å². The van der Waals surface area contributed by atoms with Crippen LogP contribution >= 0.6 is 0 Å². The third kappa shape index (κ3) is 3.56. The van der Waals surface area contributed by atoms with E-state index in [4.69, 9.17) is 9.72 Å². The molecule has 0 bridgehead atoms. The van der Waals surface area contributed by atoms with Crippen molar-refractivity contribution < 1.29 is 4.74 Å². The number of hydrogen-bond donors (Lipinski definition) is 0. The van der Waals surface area contributed by atoms with Gasteiger partial charge in [-0.15, -0.1) is 0 Å². The molecule has 0 radical (unpaired) electrons. The number of aromatic nitrogens is 2. The summed E-state index contributed by atoms with van der Waals surface area (Å²) in [5, 5.41) is 1.17. The van der Waals surface area contributed by atoms with Crippen LogP contribution in [0.4, 0.5) is 0 Å². The number of fused-ring (bicyclic) bond motifs is 7. The van der Waals surface area contributed by atoms with Crippen LogP contribution < -0.4 is 4.74 Å². The van der Waals surface area contributed by atoms with Gasteiger partial charge >= 0.3 is 0 Å². The molecule has 0 amide bonds. The van der Waals surface area contributed by atoms with Gasteiger partial charge in [-0.05, 0) is 47.5 Å². The lowest BCUT2D eigenvalue weighted by molar-refractivity contribution is 0.487. The maximum absolute atomic E-state index is 6.54. The van der Waals surface area contributed by atoms with Crippen molar-refractivity contribution in [1.29, 1.82) is 0 Å². The van der Waals surface area contributed by atoms with Crippen LogP contribution in [0.2, 0.25) is 0 Å². The molecule has 2 aromatic heterocycles. The second kappa shape index (κ2) is 9.11. The third-order valence-corrected chi connectivity index (χ3v) is 7.61. The van der Waals surface area contributed by atoms with Crippen LogP contribution in [0.25, 0.3) is 61.5 Å². The lowest BCUT2D eigenvalue weighted by Gasteiger charge is -2.16. The van der Waals surface area contributed by atoms with Gasteiger partial charge in [0.1, 0.15) is 17.3 Å². The molecule has 7 aromatic rings. The van der Waals surface area contributed by atoms with Crippen molar-refractivity contribution in [1.82, 2.24) is 9.55 Å². The number of ether oxygens (including phenoxy) is 1. The molecule has 0 unspecified atom stereocenters. The Kier molecular flexibility index (Phi) is 5.14. The highest BCUT2D eigenvalue weighted by molar-refractivity contribution is 6.08. The summed E-state index contributed by atoms with van der Waals surface area (Å²) < 4.78 is 8.85. The molecule has 40 heavy (non-hydrogen) atoms. The van der Waals surface area contributed by atoms with Crippen LogP contribution in [-0.2, 0) is 0 Å². The van der Waals surface area contributed by atoms with Crippen molar-refractivity contribution in [3.8, 4) is 62.1 Å². The van der Waals surface area contributed by atoms with E-state index < -0.39 is 0 Å². The molecule has 1 aliphatic heterocycles. The van der Waals surface area contributed by atoms with Gasteiger partial charge in [0.2, 0.25) is 0 Å². The molecule has 0 spiro atoms. The average Bonchev–Trinajstić information content (AvgIpc) is 3.29. The smallest absolute Gasteiger partial charge is 0.138 e. The minimum Gasteiger partial charge on any atom is -0.456 e. The molecule has 0 aliphatic carbocycles. The lowest BCUT2D eigenvalue weighted by atomic mass is 9.98. The Morgan fingerprint density at radius 1 is 0.500 bits per heavy atom. The molecule has 0 fully saturated rings. The number of hydrogen-bond acceptors (Lipinski definition) is 2. The summed E-state index contributed by atoms with van der Waals surface area (Å²) in [7, 11) is 0. The summed E-state index contributed by atoms with van der Waals surface area (Å²) in [5.41, 5.74) is 9.75. The zero-order valence-corrected chi connectivity index (χ0v) is 21.7. The normalized spacial score (nSPS) is 11.7. The molecule has 0 atom stereocenters. The van der Waals surface area contributed by atoms with E-state index in [1.807, 2.05) is 24.3 Å². The first-order valence-corrected chi connectivity index (χ1v) is 13.5. The summed E-state index contributed by atoms with van der Waals surface area (Å²) in [6, 6.07) is 50.5. The van der Waals surface area contributed by atoms with E-state index >= 15 is 0 Å². The molecule has 8 rings (SSSR count). The Morgan fingerprint density at radius 3 is 1.88 bits per heavy atom. The number of pyridine rings is 1. The molecule has 3 heteroatoms. The number of benzene rings is 5. The fourth-order valence-electron chi connectivity index (χ4n) is 5.82. The molecule has 3 nitrogen and oxygen atoms in total. The van der Waals surface area contributed by atoms with Gasteiger partial charge in [0, 0.05) is 27.6 Å². The van der Waals surface area contributed by atoms with Gasteiger partial charge in [-0.1, -0.05) is 109 Å². The van der Waals surface area contributed by atoms with Crippen molar-refractivity contribution in [2.75, 3.05) is 0 Å². The van der Waals surface area contributed by atoms with Gasteiger partial charge in [-0.2, -0.15) is 0 Å². The summed E-state index contributed by atoms with van der Waals surface area (Å²) in [4.78, 5) is 5.31. The molecule has 3 heterocycles. The fraction of sp³-hybridized carbons (Fsp3) is 0. The number of nitrogens with zero attached hydrogens (tertiary/aromatic N) is 2. The molecule has 0 saturated heterocycles. The first-order valence-electron chi connectivity index (χ1n) is 13.5. The minimum absolute atomic E-state index is 0.834. The lowest BCUT2D eigenvalue weighted by Crippen LogP contribution is -2.02. The Hall–Kier alpha value is -5.41. The summed E-state index contributed by atoms with van der Waals surface area (Å²) in [6.07, 6.45) is 0. The van der Waals surface area contributed by atoms with Crippen LogP contribution in [0.1, 0.15) is 0 Å². The maximum Gasteiger partial charge on any atom is 0.138 e. The second-order valence-corrected chi connectivity index (χ2v) is 10.0. The second-order valence-electron chi connectivity index (χ2n) is 10.0. The number of rotatable bonds is 3. The van der Waals surface area contributed by atoms with Gasteiger partial charge in [-0.3, -0.25) is 4.57 Å². The molecular formula is C37H24N2O. The number of para-hydroxylation sites is 3. The monoisotopic (exact) mass is 512 g/mol. The van der Waals surface area contributed by atoms with Crippen molar-refractivity contribution in [3.63, 3.8) is 0 Å². The highest BCUT2D eigenvalue weighted by Gasteiger charge is 2.28. The van der Waals surface area contributed by atoms with Crippen molar-refractivity contribution in [3.05, 3.63) is 146 Å².